The average molecular weight is 344 g/mol. The van der Waals surface area contributed by atoms with E-state index in [9.17, 15) is 13.2 Å². The molecule has 2 rings (SSSR count). The molecule has 2 aromatic rings. The zero-order valence-corrected chi connectivity index (χ0v) is 12.6. The van der Waals surface area contributed by atoms with Gasteiger partial charge >= 0.3 is 0 Å². The standard InChI is InChI=1S/C15H13BrF3N/c1-7-3-8(2)13(10(17)4-7)15(20)14-11(18)5-9(16)6-12(14)19/h3-6,15H,20H2,1-2H3. The minimum absolute atomic E-state index is 0.107. The van der Waals surface area contributed by atoms with Crippen LogP contribution in [0.4, 0.5) is 13.2 Å². The molecule has 0 heterocycles. The molecule has 2 aromatic carbocycles. The van der Waals surface area contributed by atoms with E-state index in [4.69, 9.17) is 5.73 Å². The van der Waals surface area contributed by atoms with E-state index in [2.05, 4.69) is 15.9 Å². The Morgan fingerprint density at radius 1 is 0.900 bits per heavy atom. The summed E-state index contributed by atoms with van der Waals surface area (Å²) in [6.45, 7) is 3.41. The molecule has 0 saturated heterocycles. The van der Waals surface area contributed by atoms with Crippen LogP contribution in [0, 0.1) is 31.3 Å². The Morgan fingerprint density at radius 3 is 1.90 bits per heavy atom. The summed E-state index contributed by atoms with van der Waals surface area (Å²) in [5.41, 5.74) is 6.95. The van der Waals surface area contributed by atoms with Crippen molar-refractivity contribution in [1.82, 2.24) is 0 Å². The van der Waals surface area contributed by atoms with Crippen molar-refractivity contribution in [2.45, 2.75) is 19.9 Å². The maximum absolute atomic E-state index is 14.1. The third-order valence-electron chi connectivity index (χ3n) is 3.15. The molecule has 0 aliphatic heterocycles. The molecule has 0 aliphatic carbocycles. The van der Waals surface area contributed by atoms with Crippen LogP contribution in [0.5, 0.6) is 0 Å². The van der Waals surface area contributed by atoms with Crippen LogP contribution in [-0.2, 0) is 0 Å². The minimum atomic E-state index is -1.19. The fraction of sp³-hybridized carbons (Fsp3) is 0.200. The van der Waals surface area contributed by atoms with Crippen molar-refractivity contribution in [1.29, 1.82) is 0 Å². The Morgan fingerprint density at radius 2 is 1.40 bits per heavy atom. The van der Waals surface area contributed by atoms with E-state index in [1.165, 1.54) is 6.07 Å². The summed E-state index contributed by atoms with van der Waals surface area (Å²) in [6.07, 6.45) is 0. The van der Waals surface area contributed by atoms with Gasteiger partial charge in [0.05, 0.1) is 6.04 Å². The first-order valence-electron chi connectivity index (χ1n) is 5.98. The lowest BCUT2D eigenvalue weighted by Gasteiger charge is -2.18. The molecule has 0 radical (unpaired) electrons. The molecule has 2 N–H and O–H groups in total. The maximum atomic E-state index is 14.1. The lowest BCUT2D eigenvalue weighted by molar-refractivity contribution is 0.530. The van der Waals surface area contributed by atoms with Gasteiger partial charge in [-0.25, -0.2) is 13.2 Å². The second-order valence-electron chi connectivity index (χ2n) is 4.74. The number of nitrogens with two attached hydrogens (primary N) is 1. The highest BCUT2D eigenvalue weighted by molar-refractivity contribution is 9.10. The summed E-state index contributed by atoms with van der Waals surface area (Å²) in [5, 5.41) is 0. The molecule has 106 valence electrons. The number of halogens is 4. The molecule has 0 saturated carbocycles. The zero-order chi connectivity index (χ0) is 15.0. The van der Waals surface area contributed by atoms with Gasteiger partial charge in [0.15, 0.2) is 0 Å². The topological polar surface area (TPSA) is 26.0 Å². The Kier molecular flexibility index (Phi) is 4.20. The summed E-state index contributed by atoms with van der Waals surface area (Å²) < 4.78 is 42.2. The van der Waals surface area contributed by atoms with Gasteiger partial charge in [-0.2, -0.15) is 0 Å². The first-order chi connectivity index (χ1) is 9.31. The van der Waals surface area contributed by atoms with Gasteiger partial charge in [-0.05, 0) is 43.2 Å². The molecule has 0 fully saturated rings. The van der Waals surface area contributed by atoms with E-state index >= 15 is 0 Å². The number of benzene rings is 2. The van der Waals surface area contributed by atoms with Crippen molar-refractivity contribution in [3.8, 4) is 0 Å². The smallest absolute Gasteiger partial charge is 0.132 e. The average Bonchev–Trinajstić information content (AvgIpc) is 2.25. The normalized spacial score (nSPS) is 12.6. The Balaban J connectivity index is 2.61. The number of rotatable bonds is 2. The van der Waals surface area contributed by atoms with Gasteiger partial charge in [0.25, 0.3) is 0 Å². The van der Waals surface area contributed by atoms with Crippen LogP contribution < -0.4 is 5.73 Å². The maximum Gasteiger partial charge on any atom is 0.132 e. The molecule has 0 amide bonds. The van der Waals surface area contributed by atoms with Crippen molar-refractivity contribution >= 4 is 15.9 Å². The number of hydrogen-bond acceptors (Lipinski definition) is 1. The SMILES string of the molecule is Cc1cc(C)c(C(N)c2c(F)cc(Br)cc2F)c(F)c1. The van der Waals surface area contributed by atoms with E-state index in [1.807, 2.05) is 0 Å². The van der Waals surface area contributed by atoms with Crippen molar-refractivity contribution in [2.24, 2.45) is 5.73 Å². The molecule has 20 heavy (non-hydrogen) atoms. The van der Waals surface area contributed by atoms with Gasteiger partial charge in [0.2, 0.25) is 0 Å². The summed E-state index contributed by atoms with van der Waals surface area (Å²) in [6, 6.07) is 4.06. The first-order valence-corrected chi connectivity index (χ1v) is 6.77. The van der Waals surface area contributed by atoms with E-state index in [-0.39, 0.29) is 15.6 Å². The molecule has 0 aliphatic rings. The summed E-state index contributed by atoms with van der Waals surface area (Å²) in [4.78, 5) is 0. The summed E-state index contributed by atoms with van der Waals surface area (Å²) in [5.74, 6) is -2.16. The summed E-state index contributed by atoms with van der Waals surface area (Å²) >= 11 is 3.00. The summed E-state index contributed by atoms with van der Waals surface area (Å²) in [7, 11) is 0. The van der Waals surface area contributed by atoms with Crippen LogP contribution >= 0.6 is 15.9 Å². The second-order valence-corrected chi connectivity index (χ2v) is 5.65. The van der Waals surface area contributed by atoms with E-state index in [1.54, 1.807) is 19.9 Å². The van der Waals surface area contributed by atoms with Gasteiger partial charge in [-0.3, -0.25) is 0 Å². The Labute approximate surface area is 123 Å². The van der Waals surface area contributed by atoms with Crippen molar-refractivity contribution in [3.05, 3.63) is 68.4 Å². The quantitative estimate of drug-likeness (QED) is 0.851. The molecule has 5 heteroatoms. The minimum Gasteiger partial charge on any atom is -0.320 e. The van der Waals surface area contributed by atoms with E-state index < -0.39 is 23.5 Å². The Hall–Kier alpha value is -1.33. The van der Waals surface area contributed by atoms with Crippen LogP contribution in [0.2, 0.25) is 0 Å². The molecule has 0 bridgehead atoms. The molecular formula is C15H13BrF3N. The molecular weight excluding hydrogens is 331 g/mol. The lowest BCUT2D eigenvalue weighted by atomic mass is 9.93. The Bertz CT molecular complexity index is 567. The molecule has 1 unspecified atom stereocenters. The van der Waals surface area contributed by atoms with Crippen molar-refractivity contribution < 1.29 is 13.2 Å². The van der Waals surface area contributed by atoms with Crippen molar-refractivity contribution in [3.63, 3.8) is 0 Å². The van der Waals surface area contributed by atoms with Crippen LogP contribution in [-0.4, -0.2) is 0 Å². The third-order valence-corrected chi connectivity index (χ3v) is 3.60. The van der Waals surface area contributed by atoms with Gasteiger partial charge in [0.1, 0.15) is 17.5 Å². The zero-order valence-electron chi connectivity index (χ0n) is 11.0. The van der Waals surface area contributed by atoms with Crippen LogP contribution in [0.25, 0.3) is 0 Å². The van der Waals surface area contributed by atoms with Gasteiger partial charge in [-0.1, -0.05) is 22.0 Å². The predicted octanol–water partition coefficient (Wildman–Crippen LogP) is 4.53. The van der Waals surface area contributed by atoms with Crippen molar-refractivity contribution in [2.75, 3.05) is 0 Å². The molecule has 0 spiro atoms. The third kappa shape index (κ3) is 2.74. The second kappa shape index (κ2) is 5.58. The fourth-order valence-corrected chi connectivity index (χ4v) is 2.72. The van der Waals surface area contributed by atoms with Crippen LogP contribution in [0.15, 0.2) is 28.7 Å². The van der Waals surface area contributed by atoms with Crippen LogP contribution in [0.3, 0.4) is 0 Å². The monoisotopic (exact) mass is 343 g/mol. The van der Waals surface area contributed by atoms with Crippen LogP contribution in [0.1, 0.15) is 28.3 Å². The highest BCUT2D eigenvalue weighted by Crippen LogP contribution is 2.31. The van der Waals surface area contributed by atoms with Gasteiger partial charge in [-0.15, -0.1) is 0 Å². The highest BCUT2D eigenvalue weighted by atomic mass is 79.9. The largest absolute Gasteiger partial charge is 0.320 e. The predicted molar refractivity (Wildman–Crippen MR) is 76.0 cm³/mol. The highest BCUT2D eigenvalue weighted by Gasteiger charge is 2.23. The fourth-order valence-electron chi connectivity index (χ4n) is 2.32. The molecule has 1 nitrogen and oxygen atoms in total. The van der Waals surface area contributed by atoms with Gasteiger partial charge in [0, 0.05) is 15.6 Å². The molecule has 0 aromatic heterocycles. The number of aryl methyl sites for hydroxylation is 2. The number of hydrogen-bond donors (Lipinski definition) is 1. The van der Waals surface area contributed by atoms with E-state index in [0.29, 0.717) is 5.56 Å². The van der Waals surface area contributed by atoms with E-state index in [0.717, 1.165) is 17.7 Å². The van der Waals surface area contributed by atoms with Gasteiger partial charge < -0.3 is 5.73 Å². The molecule has 1 atom stereocenters. The first kappa shape index (κ1) is 15.1. The lowest BCUT2D eigenvalue weighted by Crippen LogP contribution is -2.18.